The number of carbonyl (C=O) groups excluding carboxylic acids is 5. The van der Waals surface area contributed by atoms with Gasteiger partial charge >= 0.3 is 12.1 Å². The van der Waals surface area contributed by atoms with E-state index in [4.69, 9.17) is 22.6 Å². The predicted molar refractivity (Wildman–Crippen MR) is 163 cm³/mol. The highest BCUT2D eigenvalue weighted by Gasteiger charge is 2.33. The third kappa shape index (κ3) is 13.8. The molecule has 1 heterocycles. The first-order valence-electron chi connectivity index (χ1n) is 13.2. The first kappa shape index (κ1) is 34.6. The van der Waals surface area contributed by atoms with E-state index in [1.165, 1.54) is 74.8 Å². The summed E-state index contributed by atoms with van der Waals surface area (Å²) < 4.78 is 16.7. The van der Waals surface area contributed by atoms with Crippen LogP contribution in [0.15, 0.2) is 72.8 Å². The zero-order valence-corrected chi connectivity index (χ0v) is 24.7. The molecular weight excluding hydrogens is 594 g/mol. The van der Waals surface area contributed by atoms with Gasteiger partial charge in [0, 0.05) is 24.0 Å². The molecule has 12 nitrogen and oxygen atoms in total. The second-order valence-electron chi connectivity index (χ2n) is 8.07. The van der Waals surface area contributed by atoms with Crippen molar-refractivity contribution in [3.63, 3.8) is 0 Å². The molecule has 0 aromatic heterocycles. The lowest BCUT2D eigenvalue weighted by atomic mass is 10.1. The van der Waals surface area contributed by atoms with Crippen LogP contribution in [-0.2, 0) is 14.4 Å². The summed E-state index contributed by atoms with van der Waals surface area (Å²) in [6, 6.07) is 17.7. The van der Waals surface area contributed by atoms with Gasteiger partial charge < -0.3 is 20.1 Å². The quantitative estimate of drug-likeness (QED) is 0.0749. The van der Waals surface area contributed by atoms with Gasteiger partial charge in [0.15, 0.2) is 11.6 Å². The summed E-state index contributed by atoms with van der Waals surface area (Å²) in [6.45, 7) is 2.84. The van der Waals surface area contributed by atoms with Crippen LogP contribution in [0.2, 0.25) is 0 Å². The number of benzene rings is 3. The fourth-order valence-corrected chi connectivity index (χ4v) is 2.99. The molecule has 0 aliphatic carbocycles. The molecule has 1 saturated heterocycles. The third-order valence-electron chi connectivity index (χ3n) is 4.96. The molecule has 2 amide bonds. The van der Waals surface area contributed by atoms with Gasteiger partial charge in [-0.2, -0.15) is 12.5 Å². The van der Waals surface area contributed by atoms with Crippen LogP contribution in [0.25, 0.3) is 0 Å². The standard InChI is InChI=1S/C13H11NO6.C8H8O2.C7H6O3.C2H2.CH4S/c1-8(15)9-3-2-4-10(7-9)19-13(18)20-14-11(16)5-6-12(14)17;1-6(9)7-3-2-4-8(10)5-7;8-6-3-1-2-5(4-6)7(9)10;2*1-2/h2-4,7H,5-6H2,1H3;2-5,10H,1H3;1-4,8H,(H,9,10);1-2H;2H,1H3/i;;;1D;/hD. The number of hydrogen-bond acceptors (Lipinski definition) is 11. The number of ketones is 2. The van der Waals surface area contributed by atoms with E-state index in [9.17, 15) is 28.8 Å². The predicted octanol–water partition coefficient (Wildman–Crippen LogP) is 4.95. The molecule has 3 N–H and O–H groups in total. The van der Waals surface area contributed by atoms with Gasteiger partial charge in [-0.3, -0.25) is 24.0 Å². The molecule has 3 aromatic rings. The number of thiol groups is 1. The van der Waals surface area contributed by atoms with E-state index >= 15 is 0 Å². The molecule has 1 aliphatic heterocycles. The molecule has 13 heteroatoms. The highest BCUT2D eigenvalue weighted by atomic mass is 32.1. The van der Waals surface area contributed by atoms with Gasteiger partial charge in [-0.05, 0) is 62.6 Å². The van der Waals surface area contributed by atoms with Crippen LogP contribution < -0.4 is 4.74 Å². The Morgan fingerprint density at radius 2 is 1.25 bits per heavy atom. The van der Waals surface area contributed by atoms with Gasteiger partial charge in [0.2, 0.25) is 0 Å². The van der Waals surface area contributed by atoms with E-state index < -0.39 is 23.9 Å². The molecule has 0 atom stereocenters. The summed E-state index contributed by atoms with van der Waals surface area (Å²) in [4.78, 5) is 70.6. The second kappa shape index (κ2) is 20.3. The summed E-state index contributed by atoms with van der Waals surface area (Å²) in [5.74, 6) is -2.25. The fourth-order valence-electron chi connectivity index (χ4n) is 2.99. The Balaban J connectivity index is 0.000000655. The number of carboxylic acid groups (broad SMARTS) is 1. The van der Waals surface area contributed by atoms with E-state index in [0.29, 0.717) is 16.2 Å². The second-order valence-corrected chi connectivity index (χ2v) is 8.07. The van der Waals surface area contributed by atoms with Gasteiger partial charge in [-0.1, -0.05) is 35.4 Å². The number of ether oxygens (including phenoxy) is 1. The average molecular weight is 628 g/mol. The number of phenols is 2. The van der Waals surface area contributed by atoms with Crippen LogP contribution in [0.1, 0.15) is 59.1 Å². The summed E-state index contributed by atoms with van der Waals surface area (Å²) in [7, 11) is 0. The number of phenolic OH excluding ortho intramolecular Hbond substituents is 2. The maximum Gasteiger partial charge on any atom is 0.539 e. The van der Waals surface area contributed by atoms with Crippen LogP contribution in [0, 0.1) is 12.8 Å². The lowest BCUT2D eigenvalue weighted by Gasteiger charge is -2.12. The molecule has 0 unspecified atom stereocenters. The molecule has 1 aliphatic rings. The zero-order valence-electron chi connectivity index (χ0n) is 25.9. The lowest BCUT2D eigenvalue weighted by Crippen LogP contribution is -2.33. The summed E-state index contributed by atoms with van der Waals surface area (Å²) in [5.41, 5.74) is 1.00. The van der Waals surface area contributed by atoms with Crippen LogP contribution in [-0.4, -0.2) is 63.3 Å². The Labute approximate surface area is 261 Å². The SMILES string of the molecule is CC(=O)c1cccc(O)c1.CC(=O)c1cccc(OC(=O)ON2C(=O)CCC2=O)c1.O=C(O)c1cccc(O)c1.[2H]C#C.[2H]SC. The Morgan fingerprint density at radius 3 is 1.64 bits per heavy atom. The fraction of sp³-hybridized carbons (Fsp3) is 0.161. The summed E-state index contributed by atoms with van der Waals surface area (Å²) in [6.07, 6.45) is 6.27. The molecular formula is C31H31NO11S. The highest BCUT2D eigenvalue weighted by molar-refractivity contribution is 7.79. The van der Waals surface area contributed by atoms with Gasteiger partial charge in [-0.25, -0.2) is 9.59 Å². The molecule has 3 aromatic carbocycles. The van der Waals surface area contributed by atoms with Crippen molar-refractivity contribution in [2.24, 2.45) is 0 Å². The van der Waals surface area contributed by atoms with E-state index in [1.54, 1.807) is 24.5 Å². The van der Waals surface area contributed by atoms with Crippen molar-refractivity contribution >= 4 is 48.0 Å². The molecule has 44 heavy (non-hydrogen) atoms. The minimum Gasteiger partial charge on any atom is -0.508 e. The van der Waals surface area contributed by atoms with Crippen LogP contribution >= 0.6 is 12.5 Å². The molecule has 0 saturated carbocycles. The minimum atomic E-state index is -1.21. The number of terminal acetylenes is 1. The van der Waals surface area contributed by atoms with E-state index in [-0.39, 0.29) is 47.2 Å². The van der Waals surface area contributed by atoms with E-state index in [1.807, 2.05) is 0 Å². The van der Waals surface area contributed by atoms with Crippen LogP contribution in [0.4, 0.5) is 4.79 Å². The zero-order chi connectivity index (χ0) is 35.2. The maximum absolute atomic E-state index is 11.5. The molecule has 0 spiro atoms. The van der Waals surface area contributed by atoms with E-state index in [2.05, 4.69) is 11.3 Å². The number of Topliss-reactive ketones (excluding diaryl/α,β-unsaturated/α-hetero) is 2. The number of amides is 2. The summed E-state index contributed by atoms with van der Waals surface area (Å²) >= 11 is 1.000. The number of carbonyl (C=O) groups is 6. The van der Waals surface area contributed by atoms with Gasteiger partial charge in [-0.15, -0.1) is 12.8 Å². The number of rotatable bonds is 5. The third-order valence-corrected chi connectivity index (χ3v) is 4.96. The smallest absolute Gasteiger partial charge is 0.508 e. The average Bonchev–Trinajstić information content (AvgIpc) is 3.31. The first-order chi connectivity index (χ1) is 21.7. The van der Waals surface area contributed by atoms with Crippen molar-refractivity contribution < 1.29 is 55.0 Å². The van der Waals surface area contributed by atoms with Crippen molar-refractivity contribution in [2.75, 3.05) is 6.26 Å². The normalized spacial score (nSPS) is 11.4. The maximum atomic E-state index is 11.5. The van der Waals surface area contributed by atoms with Crippen molar-refractivity contribution in [1.29, 1.82) is 1.12 Å². The van der Waals surface area contributed by atoms with E-state index in [0.717, 1.165) is 12.5 Å². The Kier molecular flexibility index (Phi) is 16.0. The highest BCUT2D eigenvalue weighted by Crippen LogP contribution is 2.17. The molecule has 4 rings (SSSR count). The van der Waals surface area contributed by atoms with Crippen molar-refractivity contribution in [2.45, 2.75) is 26.7 Å². The van der Waals surface area contributed by atoms with Crippen LogP contribution in [0.3, 0.4) is 0 Å². The lowest BCUT2D eigenvalue weighted by molar-refractivity contribution is -0.174. The molecule has 0 bridgehead atoms. The Bertz CT molecular complexity index is 1490. The van der Waals surface area contributed by atoms with Crippen molar-refractivity contribution in [1.82, 2.24) is 5.06 Å². The number of aromatic hydroxyl groups is 2. The van der Waals surface area contributed by atoms with Crippen molar-refractivity contribution in [3.8, 4) is 30.1 Å². The number of imide groups is 1. The van der Waals surface area contributed by atoms with Gasteiger partial charge in [0.1, 0.15) is 19.7 Å². The van der Waals surface area contributed by atoms with Crippen molar-refractivity contribution in [3.05, 3.63) is 89.5 Å². The Morgan fingerprint density at radius 1 is 0.841 bits per heavy atom. The van der Waals surface area contributed by atoms with Gasteiger partial charge in [0.25, 0.3) is 11.8 Å². The van der Waals surface area contributed by atoms with Crippen LogP contribution in [0.5, 0.6) is 17.2 Å². The molecule has 232 valence electrons. The van der Waals surface area contributed by atoms with Gasteiger partial charge in [0.05, 0.1) is 5.56 Å². The largest absolute Gasteiger partial charge is 0.539 e. The topological polar surface area (TPSA) is 185 Å². The minimum absolute atomic E-state index is 0.00589. The summed E-state index contributed by atoms with van der Waals surface area (Å²) in [5, 5.41) is 26.5. The first-order valence-corrected chi connectivity index (χ1v) is 13.1. The molecule has 1 fully saturated rings. The molecule has 0 radical (unpaired) electrons. The monoisotopic (exact) mass is 627 g/mol. The number of aromatic carboxylic acids is 1. The number of nitrogens with zero attached hydrogens (tertiary/aromatic N) is 1. The number of carboxylic acids is 1. The number of hydrogen-bond donors (Lipinski definition) is 4. The Hall–Kier alpha value is -5.61. The number of hydroxylamine groups is 2.